The Kier molecular flexibility index (Phi) is 9.43. The number of hydrogen-bond donors (Lipinski definition) is 1. The molecule has 1 N–H and O–H groups in total. The van der Waals surface area contributed by atoms with Crippen LogP contribution in [0.25, 0.3) is 31.9 Å². The minimum atomic E-state index is -1.45. The smallest absolute Gasteiger partial charge is 0.434 e. The van der Waals surface area contributed by atoms with Crippen molar-refractivity contribution in [3.05, 3.63) is 54.8 Å². The molecule has 0 bridgehead atoms. The maximum atomic E-state index is 15.0. The first-order chi connectivity index (χ1) is 17.8. The Morgan fingerprint density at radius 1 is 1.22 bits per heavy atom. The van der Waals surface area contributed by atoms with Gasteiger partial charge >= 0.3 is 12.1 Å². The third kappa shape index (κ3) is 6.98. The van der Waals surface area contributed by atoms with Crippen LogP contribution in [-0.4, -0.2) is 73.8 Å². The quantitative estimate of drug-likeness (QED) is 0.122. The zero-order valence-corrected chi connectivity index (χ0v) is 19.7. The van der Waals surface area contributed by atoms with E-state index in [4.69, 9.17) is 20.5 Å². The van der Waals surface area contributed by atoms with Gasteiger partial charge in [0.15, 0.2) is 11.6 Å². The number of piperazine rings is 1. The first kappa shape index (κ1) is 27.0. The summed E-state index contributed by atoms with van der Waals surface area (Å²) in [7, 11) is 0. The molecule has 196 valence electrons. The van der Waals surface area contributed by atoms with Gasteiger partial charge in [-0.1, -0.05) is 10.2 Å². The number of azide groups is 2. The summed E-state index contributed by atoms with van der Waals surface area (Å²) in [5.41, 5.74) is 15.6. The number of rotatable bonds is 10. The van der Waals surface area contributed by atoms with Crippen molar-refractivity contribution >= 4 is 29.0 Å². The number of nitrogens with zero attached hydrogens (tertiary/aromatic N) is 9. The summed E-state index contributed by atoms with van der Waals surface area (Å²) in [6.07, 6.45) is -1.47. The second kappa shape index (κ2) is 12.9. The Hall–Kier alpha value is -4.59. The van der Waals surface area contributed by atoms with Crippen molar-refractivity contribution in [1.29, 1.82) is 0 Å². The number of esters is 1. The average Bonchev–Trinajstić information content (AvgIpc) is 2.88. The fourth-order valence-corrected chi connectivity index (χ4v) is 3.51. The van der Waals surface area contributed by atoms with Gasteiger partial charge in [0, 0.05) is 62.2 Å². The molecule has 3 rings (SSSR count). The lowest BCUT2D eigenvalue weighted by Crippen LogP contribution is -2.44. The molecule has 1 saturated heterocycles. The van der Waals surface area contributed by atoms with Gasteiger partial charge in [-0.2, -0.15) is 0 Å². The Labute approximate surface area is 208 Å². The van der Waals surface area contributed by atoms with Crippen LogP contribution < -0.4 is 15.6 Å². The fourth-order valence-electron chi connectivity index (χ4n) is 3.51. The highest BCUT2D eigenvalue weighted by Gasteiger charge is 2.24. The molecule has 16 nitrogen and oxygen atoms in total. The number of fused-ring (bicyclic) bond motifs is 1. The predicted molar refractivity (Wildman–Crippen MR) is 126 cm³/mol. The van der Waals surface area contributed by atoms with Gasteiger partial charge in [0.2, 0.25) is 11.7 Å². The zero-order chi connectivity index (χ0) is 26.8. The summed E-state index contributed by atoms with van der Waals surface area (Å²) in [5.74, 6) is -1.83. The van der Waals surface area contributed by atoms with E-state index in [2.05, 4.69) is 35.1 Å². The molecule has 3 heterocycles. The molecule has 1 unspecified atom stereocenters. The average molecular weight is 518 g/mol. The topological polar surface area (TPSA) is 210 Å². The minimum Gasteiger partial charge on any atom is -0.434 e. The van der Waals surface area contributed by atoms with Gasteiger partial charge in [-0.15, -0.1) is 0 Å². The molecule has 2 aromatic heterocycles. The van der Waals surface area contributed by atoms with Gasteiger partial charge < -0.3 is 29.0 Å². The number of anilines is 1. The van der Waals surface area contributed by atoms with Crippen LogP contribution >= 0.6 is 0 Å². The van der Waals surface area contributed by atoms with Gasteiger partial charge in [-0.05, 0) is 17.1 Å². The van der Waals surface area contributed by atoms with Crippen molar-refractivity contribution in [2.45, 2.75) is 19.8 Å². The lowest BCUT2D eigenvalue weighted by Gasteiger charge is -2.29. The standard InChI is InChI=1S/C20H23FN10O6/c1-12(37-20(34)35-9-5-26-29-23)36-19(33)14-11-31(8-4-25-28-22)17-13(16(14)32)10-15(21)18(27-17)30-6-2-24-3-7-30/h10-12,24H,2-9H2,1H3. The summed E-state index contributed by atoms with van der Waals surface area (Å²) in [6.45, 7) is 3.13. The first-order valence-electron chi connectivity index (χ1n) is 11.1. The molecule has 0 spiro atoms. The largest absolute Gasteiger partial charge is 0.511 e. The molecular weight excluding hydrogens is 495 g/mol. The number of carbonyl (C=O) groups excluding carboxylic acids is 2. The van der Waals surface area contributed by atoms with Crippen molar-refractivity contribution in [1.82, 2.24) is 14.9 Å². The van der Waals surface area contributed by atoms with E-state index in [-0.39, 0.29) is 43.1 Å². The van der Waals surface area contributed by atoms with E-state index < -0.39 is 35.2 Å². The van der Waals surface area contributed by atoms with E-state index in [0.717, 1.165) is 12.3 Å². The maximum absolute atomic E-state index is 15.0. The SMILES string of the molecule is CC(OC(=O)OCCN=[N+]=[N-])OC(=O)c1cn(CCN=[N+]=[N-])c2nc(N3CCNCC3)c(F)cc2c1=O. The highest BCUT2D eigenvalue weighted by atomic mass is 19.1. The zero-order valence-electron chi connectivity index (χ0n) is 19.7. The Morgan fingerprint density at radius 2 is 1.92 bits per heavy atom. The molecule has 37 heavy (non-hydrogen) atoms. The van der Waals surface area contributed by atoms with E-state index in [9.17, 15) is 14.4 Å². The second-order valence-electron chi connectivity index (χ2n) is 7.57. The predicted octanol–water partition coefficient (Wildman–Crippen LogP) is 2.22. The minimum absolute atomic E-state index is 0.0321. The highest BCUT2D eigenvalue weighted by Crippen LogP contribution is 2.22. The Balaban J connectivity index is 1.89. The van der Waals surface area contributed by atoms with Crippen LogP contribution in [0.5, 0.6) is 0 Å². The number of halogens is 1. The molecule has 1 aliphatic rings. The summed E-state index contributed by atoms with van der Waals surface area (Å²) < 4.78 is 30.8. The number of hydrogen-bond acceptors (Lipinski definition) is 11. The molecule has 17 heteroatoms. The summed E-state index contributed by atoms with van der Waals surface area (Å²) in [4.78, 5) is 48.8. The lowest BCUT2D eigenvalue weighted by molar-refractivity contribution is -0.0815. The molecule has 0 radical (unpaired) electrons. The van der Waals surface area contributed by atoms with Crippen LogP contribution in [0.2, 0.25) is 0 Å². The number of nitrogens with one attached hydrogen (secondary N) is 1. The van der Waals surface area contributed by atoms with Crippen LogP contribution in [0.4, 0.5) is 15.0 Å². The monoisotopic (exact) mass is 518 g/mol. The van der Waals surface area contributed by atoms with E-state index >= 15 is 4.39 Å². The third-order valence-corrected chi connectivity index (χ3v) is 5.13. The first-order valence-corrected chi connectivity index (χ1v) is 11.1. The van der Waals surface area contributed by atoms with E-state index in [0.29, 0.717) is 26.2 Å². The fraction of sp³-hybridized carbons (Fsp3) is 0.500. The highest BCUT2D eigenvalue weighted by molar-refractivity contribution is 5.93. The molecule has 0 aromatic carbocycles. The molecule has 2 aromatic rings. The number of ether oxygens (including phenoxy) is 3. The summed E-state index contributed by atoms with van der Waals surface area (Å²) >= 11 is 0. The van der Waals surface area contributed by atoms with E-state index in [1.165, 1.54) is 11.5 Å². The van der Waals surface area contributed by atoms with Crippen molar-refractivity contribution in [2.75, 3.05) is 50.8 Å². The van der Waals surface area contributed by atoms with E-state index in [1.807, 2.05) is 0 Å². The van der Waals surface area contributed by atoms with Gasteiger partial charge in [-0.3, -0.25) is 4.79 Å². The molecule has 0 aliphatic carbocycles. The molecule has 1 aliphatic heterocycles. The van der Waals surface area contributed by atoms with Gasteiger partial charge in [0.1, 0.15) is 17.8 Å². The molecular formula is C20H23FN10O6. The Bertz CT molecular complexity index is 1310. The van der Waals surface area contributed by atoms with Crippen molar-refractivity contribution in [3.8, 4) is 0 Å². The summed E-state index contributed by atoms with van der Waals surface area (Å²) in [5, 5.41) is 9.62. The summed E-state index contributed by atoms with van der Waals surface area (Å²) in [6, 6.07) is 1.00. The molecule has 1 atom stereocenters. The van der Waals surface area contributed by atoms with Crippen LogP contribution in [0.1, 0.15) is 17.3 Å². The van der Waals surface area contributed by atoms with Crippen molar-refractivity contribution in [3.63, 3.8) is 0 Å². The van der Waals surface area contributed by atoms with Gasteiger partial charge in [0.05, 0.1) is 11.9 Å². The normalized spacial score (nSPS) is 13.7. The number of aromatic nitrogens is 2. The van der Waals surface area contributed by atoms with E-state index in [1.54, 1.807) is 4.90 Å². The van der Waals surface area contributed by atoms with Crippen LogP contribution in [0, 0.1) is 5.82 Å². The van der Waals surface area contributed by atoms with Gasteiger partial charge in [0.25, 0.3) is 0 Å². The van der Waals surface area contributed by atoms with Crippen LogP contribution in [0.3, 0.4) is 0 Å². The van der Waals surface area contributed by atoms with Crippen molar-refractivity contribution < 1.29 is 28.2 Å². The molecule has 0 saturated carbocycles. The molecule has 1 fully saturated rings. The van der Waals surface area contributed by atoms with Gasteiger partial charge in [-0.25, -0.2) is 19.0 Å². The molecule has 0 amide bonds. The lowest BCUT2D eigenvalue weighted by atomic mass is 10.1. The van der Waals surface area contributed by atoms with Crippen molar-refractivity contribution in [2.24, 2.45) is 10.2 Å². The van der Waals surface area contributed by atoms with Crippen LogP contribution in [-0.2, 0) is 20.8 Å². The second-order valence-corrected chi connectivity index (χ2v) is 7.57. The number of pyridine rings is 2. The number of carbonyl (C=O) groups is 2. The third-order valence-electron chi connectivity index (χ3n) is 5.13. The maximum Gasteiger partial charge on any atom is 0.511 e. The Morgan fingerprint density at radius 3 is 2.62 bits per heavy atom. The van der Waals surface area contributed by atoms with Crippen LogP contribution in [0.15, 0.2) is 27.3 Å².